The number of rotatable bonds is 2. The van der Waals surface area contributed by atoms with Crippen LogP contribution in [-0.4, -0.2) is 36.0 Å². The van der Waals surface area contributed by atoms with Gasteiger partial charge in [0.1, 0.15) is 0 Å². The molecule has 1 aliphatic heterocycles. The number of urea groups is 1. The number of hydrogen-bond donors (Lipinski definition) is 3. The molecule has 1 fully saturated rings. The molecule has 2 rings (SSSR count). The van der Waals surface area contributed by atoms with Crippen molar-refractivity contribution in [3.05, 3.63) is 24.3 Å². The fraction of sp³-hybridized carbons (Fsp3) is 0.429. The lowest BCUT2D eigenvalue weighted by Gasteiger charge is -2.32. The number of amides is 3. The molecule has 1 saturated heterocycles. The van der Waals surface area contributed by atoms with Crippen LogP contribution >= 0.6 is 0 Å². The molecule has 1 aromatic rings. The monoisotopic (exact) mass is 276 g/mol. The Morgan fingerprint density at radius 3 is 2.35 bits per heavy atom. The third kappa shape index (κ3) is 3.88. The van der Waals surface area contributed by atoms with Crippen LogP contribution in [-0.2, 0) is 4.79 Å². The van der Waals surface area contributed by atoms with E-state index in [1.54, 1.807) is 29.2 Å². The molecule has 6 heteroatoms. The largest absolute Gasteiger partial charge is 0.399 e. The fourth-order valence-electron chi connectivity index (χ4n) is 2.28. The minimum absolute atomic E-state index is 0.0187. The normalized spacial score (nSPS) is 15.8. The molecule has 0 bridgehead atoms. The zero-order chi connectivity index (χ0) is 14.5. The van der Waals surface area contributed by atoms with Crippen molar-refractivity contribution in [3.63, 3.8) is 0 Å². The molecule has 0 unspecified atom stereocenters. The van der Waals surface area contributed by atoms with Gasteiger partial charge in [-0.25, -0.2) is 4.79 Å². The molecule has 6 nitrogen and oxygen atoms in total. The van der Waals surface area contributed by atoms with Crippen LogP contribution in [0.5, 0.6) is 0 Å². The molecule has 0 spiro atoms. The maximum Gasteiger partial charge on any atom is 0.321 e. The number of carbonyl (C=O) groups is 2. The first kappa shape index (κ1) is 14.2. The Balaban J connectivity index is 1.82. The van der Waals surface area contributed by atoms with E-state index >= 15 is 0 Å². The summed E-state index contributed by atoms with van der Waals surface area (Å²) in [4.78, 5) is 24.8. The summed E-state index contributed by atoms with van der Waals surface area (Å²) in [6.45, 7) is 2.80. The van der Waals surface area contributed by atoms with Gasteiger partial charge in [-0.15, -0.1) is 0 Å². The van der Waals surface area contributed by atoms with E-state index in [-0.39, 0.29) is 18.0 Å². The van der Waals surface area contributed by atoms with Crippen LogP contribution in [0.4, 0.5) is 16.2 Å². The minimum Gasteiger partial charge on any atom is -0.399 e. The quantitative estimate of drug-likeness (QED) is 0.713. The number of nitrogens with zero attached hydrogens (tertiary/aromatic N) is 1. The summed E-state index contributed by atoms with van der Waals surface area (Å²) >= 11 is 0. The summed E-state index contributed by atoms with van der Waals surface area (Å²) in [5.74, 6) is -0.0187. The van der Waals surface area contributed by atoms with Crippen molar-refractivity contribution in [1.29, 1.82) is 0 Å². The molecule has 20 heavy (non-hydrogen) atoms. The second-order valence-electron chi connectivity index (χ2n) is 5.01. The first-order valence-corrected chi connectivity index (χ1v) is 6.73. The van der Waals surface area contributed by atoms with Crippen LogP contribution < -0.4 is 16.4 Å². The number of nitrogens with two attached hydrogens (primary N) is 1. The number of carbonyl (C=O) groups excluding carboxylic acids is 2. The smallest absolute Gasteiger partial charge is 0.321 e. The molecule has 1 aliphatic rings. The molecule has 0 atom stereocenters. The number of nitrogen functional groups attached to an aromatic ring is 1. The third-order valence-electron chi connectivity index (χ3n) is 3.35. The molecular weight excluding hydrogens is 256 g/mol. The van der Waals surface area contributed by atoms with E-state index in [9.17, 15) is 9.59 Å². The Morgan fingerprint density at radius 1 is 1.20 bits per heavy atom. The number of nitrogens with one attached hydrogen (secondary N) is 2. The highest BCUT2D eigenvalue weighted by Gasteiger charge is 2.23. The van der Waals surface area contributed by atoms with Crippen molar-refractivity contribution >= 4 is 23.3 Å². The van der Waals surface area contributed by atoms with E-state index < -0.39 is 0 Å². The Kier molecular flexibility index (Phi) is 4.45. The Hall–Kier alpha value is -2.24. The van der Waals surface area contributed by atoms with Gasteiger partial charge in [-0.05, 0) is 37.1 Å². The van der Waals surface area contributed by atoms with E-state index in [2.05, 4.69) is 10.6 Å². The second-order valence-corrected chi connectivity index (χ2v) is 5.01. The molecule has 0 radical (unpaired) electrons. The molecule has 3 amide bonds. The highest BCUT2D eigenvalue weighted by atomic mass is 16.2. The number of likely N-dealkylation sites (tertiary alicyclic amines) is 1. The SMILES string of the molecule is CC(=O)NC1CCN(C(=O)Nc2ccc(N)cc2)CC1. The van der Waals surface area contributed by atoms with Crippen LogP contribution in [0.3, 0.4) is 0 Å². The van der Waals surface area contributed by atoms with Crippen molar-refractivity contribution in [2.45, 2.75) is 25.8 Å². The van der Waals surface area contributed by atoms with Gasteiger partial charge in [0.15, 0.2) is 0 Å². The summed E-state index contributed by atoms with van der Waals surface area (Å²) in [6.07, 6.45) is 1.57. The highest BCUT2D eigenvalue weighted by Crippen LogP contribution is 2.14. The van der Waals surface area contributed by atoms with Crippen molar-refractivity contribution in [3.8, 4) is 0 Å². The zero-order valence-electron chi connectivity index (χ0n) is 11.6. The average Bonchev–Trinajstić information content (AvgIpc) is 2.41. The van der Waals surface area contributed by atoms with Crippen molar-refractivity contribution in [2.24, 2.45) is 0 Å². The molecule has 108 valence electrons. The molecular formula is C14H20N4O2. The van der Waals surface area contributed by atoms with Gasteiger partial charge >= 0.3 is 6.03 Å². The van der Waals surface area contributed by atoms with Crippen LogP contribution in [0, 0.1) is 0 Å². The first-order valence-electron chi connectivity index (χ1n) is 6.73. The predicted molar refractivity (Wildman–Crippen MR) is 78.3 cm³/mol. The van der Waals surface area contributed by atoms with Crippen LogP contribution in [0.2, 0.25) is 0 Å². The van der Waals surface area contributed by atoms with Crippen molar-refractivity contribution in [1.82, 2.24) is 10.2 Å². The first-order chi connectivity index (χ1) is 9.54. The summed E-state index contributed by atoms with van der Waals surface area (Å²) in [5.41, 5.74) is 6.99. The maximum atomic E-state index is 12.1. The van der Waals surface area contributed by atoms with Crippen molar-refractivity contribution in [2.75, 3.05) is 24.1 Å². The van der Waals surface area contributed by atoms with E-state index in [1.807, 2.05) is 0 Å². The Bertz CT molecular complexity index is 478. The summed E-state index contributed by atoms with van der Waals surface area (Å²) in [7, 11) is 0. The number of hydrogen-bond acceptors (Lipinski definition) is 3. The number of anilines is 2. The second kappa shape index (κ2) is 6.27. The lowest BCUT2D eigenvalue weighted by atomic mass is 10.1. The fourth-order valence-corrected chi connectivity index (χ4v) is 2.28. The van der Waals surface area contributed by atoms with E-state index in [4.69, 9.17) is 5.73 Å². The molecule has 4 N–H and O–H groups in total. The molecule has 0 aromatic heterocycles. The Labute approximate surface area is 118 Å². The number of benzene rings is 1. The van der Waals surface area contributed by atoms with Crippen LogP contribution in [0.15, 0.2) is 24.3 Å². The summed E-state index contributed by atoms with van der Waals surface area (Å²) in [6, 6.07) is 7.11. The highest BCUT2D eigenvalue weighted by molar-refractivity contribution is 5.89. The third-order valence-corrected chi connectivity index (χ3v) is 3.35. The minimum atomic E-state index is -0.115. The average molecular weight is 276 g/mol. The molecule has 1 aromatic carbocycles. The van der Waals surface area contributed by atoms with E-state index in [0.29, 0.717) is 18.8 Å². The van der Waals surface area contributed by atoms with Crippen LogP contribution in [0.1, 0.15) is 19.8 Å². The van der Waals surface area contributed by atoms with Gasteiger partial charge in [-0.1, -0.05) is 0 Å². The lowest BCUT2D eigenvalue weighted by molar-refractivity contribution is -0.119. The van der Waals surface area contributed by atoms with Gasteiger partial charge in [0, 0.05) is 37.4 Å². The van der Waals surface area contributed by atoms with Gasteiger partial charge in [0.25, 0.3) is 0 Å². The molecule has 1 heterocycles. The maximum absolute atomic E-state index is 12.1. The van der Waals surface area contributed by atoms with E-state index in [1.165, 1.54) is 6.92 Å². The van der Waals surface area contributed by atoms with Gasteiger partial charge in [0.2, 0.25) is 5.91 Å². The molecule has 0 aliphatic carbocycles. The standard InChI is InChI=1S/C14H20N4O2/c1-10(19)16-13-6-8-18(9-7-13)14(20)17-12-4-2-11(15)3-5-12/h2-5,13H,6-9,15H2,1H3,(H,16,19)(H,17,20). The topological polar surface area (TPSA) is 87.5 Å². The number of piperidine rings is 1. The van der Waals surface area contributed by atoms with E-state index in [0.717, 1.165) is 18.5 Å². The zero-order valence-corrected chi connectivity index (χ0v) is 11.6. The lowest BCUT2D eigenvalue weighted by Crippen LogP contribution is -2.47. The van der Waals surface area contributed by atoms with Crippen LogP contribution in [0.25, 0.3) is 0 Å². The molecule has 0 saturated carbocycles. The Morgan fingerprint density at radius 2 is 1.80 bits per heavy atom. The summed E-state index contributed by atoms with van der Waals surface area (Å²) < 4.78 is 0. The van der Waals surface area contributed by atoms with Gasteiger partial charge in [0.05, 0.1) is 0 Å². The van der Waals surface area contributed by atoms with Crippen molar-refractivity contribution < 1.29 is 9.59 Å². The predicted octanol–water partition coefficient (Wildman–Crippen LogP) is 1.40. The van der Waals surface area contributed by atoms with Gasteiger partial charge in [-0.3, -0.25) is 4.79 Å². The summed E-state index contributed by atoms with van der Waals surface area (Å²) in [5, 5.41) is 5.72. The van der Waals surface area contributed by atoms with Gasteiger partial charge in [-0.2, -0.15) is 0 Å². The van der Waals surface area contributed by atoms with Gasteiger partial charge < -0.3 is 21.3 Å².